The molecular weight excluding hydrogens is 280 g/mol. The monoisotopic (exact) mass is 300 g/mol. The van der Waals surface area contributed by atoms with E-state index < -0.39 is 22.7 Å². The topological polar surface area (TPSA) is 72.8 Å². The van der Waals surface area contributed by atoms with Crippen LogP contribution in [0.15, 0.2) is 24.3 Å². The molecular formula is C14H20O5S. The smallest absolute Gasteiger partial charge is 0.307 e. The molecule has 5 nitrogen and oxygen atoms in total. The summed E-state index contributed by atoms with van der Waals surface area (Å²) in [5, 5.41) is 8.75. The molecule has 0 aromatic heterocycles. The Balaban J connectivity index is 2.41. The molecule has 1 rings (SSSR count). The molecule has 20 heavy (non-hydrogen) atoms. The van der Waals surface area contributed by atoms with Gasteiger partial charge in [-0.2, -0.15) is 0 Å². The average molecular weight is 300 g/mol. The van der Waals surface area contributed by atoms with Crippen molar-refractivity contribution in [3.8, 4) is 11.5 Å². The molecule has 0 radical (unpaired) electrons. The van der Waals surface area contributed by atoms with E-state index in [0.29, 0.717) is 23.9 Å². The molecule has 0 amide bonds. The highest BCUT2D eigenvalue weighted by Gasteiger charge is 2.14. The third kappa shape index (κ3) is 5.61. The first kappa shape index (κ1) is 16.5. The third-order valence-corrected chi connectivity index (χ3v) is 4.07. The second-order valence-electron chi connectivity index (χ2n) is 4.28. The summed E-state index contributed by atoms with van der Waals surface area (Å²) in [5.41, 5.74) is 0. The number of carbonyl (C=O) groups is 1. The normalized spacial score (nSPS) is 13.5. The number of aliphatic carboxylic acids is 1. The lowest BCUT2D eigenvalue weighted by Gasteiger charge is -2.11. The van der Waals surface area contributed by atoms with Crippen molar-refractivity contribution in [3.63, 3.8) is 0 Å². The van der Waals surface area contributed by atoms with Gasteiger partial charge in [-0.25, -0.2) is 0 Å². The molecule has 0 aliphatic heterocycles. The minimum Gasteiger partial charge on any atom is -0.490 e. The fourth-order valence-electron chi connectivity index (χ4n) is 1.52. The number of ether oxygens (including phenoxy) is 2. The maximum atomic E-state index is 11.7. The minimum atomic E-state index is -1.20. The number of carboxylic acid groups (broad SMARTS) is 1. The number of carboxylic acids is 1. The van der Waals surface area contributed by atoms with Crippen molar-refractivity contribution < 1.29 is 23.6 Å². The van der Waals surface area contributed by atoms with Crippen molar-refractivity contribution in [1.82, 2.24) is 0 Å². The quantitative estimate of drug-likeness (QED) is 0.754. The van der Waals surface area contributed by atoms with E-state index >= 15 is 0 Å². The lowest BCUT2D eigenvalue weighted by molar-refractivity contribution is -0.140. The van der Waals surface area contributed by atoms with Crippen molar-refractivity contribution >= 4 is 16.8 Å². The first-order valence-corrected chi connectivity index (χ1v) is 7.95. The molecule has 0 bridgehead atoms. The average Bonchev–Trinajstić information content (AvgIpc) is 2.40. The SMILES string of the molecule is CCOc1ccccc1OCCS(=O)CC(C)C(=O)O. The van der Waals surface area contributed by atoms with Gasteiger partial charge in [0.15, 0.2) is 11.5 Å². The van der Waals surface area contributed by atoms with Crippen LogP contribution in [0.5, 0.6) is 11.5 Å². The molecule has 112 valence electrons. The van der Waals surface area contributed by atoms with Gasteiger partial charge in [0.25, 0.3) is 0 Å². The van der Waals surface area contributed by atoms with Gasteiger partial charge >= 0.3 is 5.97 Å². The summed E-state index contributed by atoms with van der Waals surface area (Å²) in [7, 11) is -1.20. The van der Waals surface area contributed by atoms with Gasteiger partial charge in [0, 0.05) is 16.6 Å². The maximum absolute atomic E-state index is 11.7. The number of para-hydroxylation sites is 2. The number of rotatable bonds is 9. The Labute approximate surface area is 121 Å². The molecule has 2 atom stereocenters. The zero-order valence-corrected chi connectivity index (χ0v) is 12.5. The highest BCUT2D eigenvalue weighted by atomic mass is 32.2. The maximum Gasteiger partial charge on any atom is 0.307 e. The van der Waals surface area contributed by atoms with Crippen LogP contribution in [0.25, 0.3) is 0 Å². The molecule has 0 heterocycles. The Bertz CT molecular complexity index is 461. The molecule has 1 aromatic carbocycles. The molecule has 0 saturated carbocycles. The van der Waals surface area contributed by atoms with Crippen LogP contribution >= 0.6 is 0 Å². The summed E-state index contributed by atoms with van der Waals surface area (Å²) < 4.78 is 22.6. The van der Waals surface area contributed by atoms with E-state index in [9.17, 15) is 9.00 Å². The van der Waals surface area contributed by atoms with Crippen LogP contribution < -0.4 is 9.47 Å². The summed E-state index contributed by atoms with van der Waals surface area (Å²) in [6.45, 7) is 4.25. The number of hydrogen-bond acceptors (Lipinski definition) is 4. The van der Waals surface area contributed by atoms with E-state index in [1.807, 2.05) is 25.1 Å². The van der Waals surface area contributed by atoms with Crippen LogP contribution in [0.4, 0.5) is 0 Å². The second-order valence-corrected chi connectivity index (χ2v) is 5.90. The Hall–Kier alpha value is -1.56. The summed E-state index contributed by atoms with van der Waals surface area (Å²) in [5.74, 6) is 0.175. The van der Waals surface area contributed by atoms with Crippen molar-refractivity contribution in [3.05, 3.63) is 24.3 Å². The van der Waals surface area contributed by atoms with Crippen LogP contribution in [-0.2, 0) is 15.6 Å². The van der Waals surface area contributed by atoms with E-state index in [1.165, 1.54) is 0 Å². The standard InChI is InChI=1S/C14H20O5S/c1-3-18-12-6-4-5-7-13(12)19-8-9-20(17)10-11(2)14(15)16/h4-7,11H,3,8-10H2,1-2H3,(H,15,16). The van der Waals surface area contributed by atoms with Gasteiger partial charge < -0.3 is 14.6 Å². The highest BCUT2D eigenvalue weighted by Crippen LogP contribution is 2.26. The predicted molar refractivity (Wildman–Crippen MR) is 77.8 cm³/mol. The zero-order valence-electron chi connectivity index (χ0n) is 11.7. The summed E-state index contributed by atoms with van der Waals surface area (Å²) in [4.78, 5) is 10.7. The minimum absolute atomic E-state index is 0.145. The van der Waals surface area contributed by atoms with Gasteiger partial charge in [0.05, 0.1) is 24.9 Å². The molecule has 6 heteroatoms. The van der Waals surface area contributed by atoms with E-state index in [-0.39, 0.29) is 12.4 Å². The molecule has 0 fully saturated rings. The lowest BCUT2D eigenvalue weighted by atomic mass is 10.2. The Morgan fingerprint density at radius 2 is 1.90 bits per heavy atom. The molecule has 2 unspecified atom stereocenters. The summed E-state index contributed by atoms with van der Waals surface area (Å²) in [6, 6.07) is 7.28. The Morgan fingerprint density at radius 1 is 1.30 bits per heavy atom. The first-order chi connectivity index (χ1) is 9.54. The molecule has 1 N–H and O–H groups in total. The summed E-state index contributed by atoms with van der Waals surface area (Å²) in [6.07, 6.45) is 0. The van der Waals surface area contributed by atoms with Gasteiger partial charge in [-0.3, -0.25) is 9.00 Å². The van der Waals surface area contributed by atoms with Gasteiger partial charge in [-0.05, 0) is 19.1 Å². The molecule has 1 aromatic rings. The summed E-state index contributed by atoms with van der Waals surface area (Å²) >= 11 is 0. The van der Waals surface area contributed by atoms with Crippen LogP contribution in [0.3, 0.4) is 0 Å². The molecule has 0 aliphatic carbocycles. The van der Waals surface area contributed by atoms with E-state index in [2.05, 4.69) is 0 Å². The lowest BCUT2D eigenvalue weighted by Crippen LogP contribution is -2.20. The zero-order chi connectivity index (χ0) is 15.0. The first-order valence-electron chi connectivity index (χ1n) is 6.47. The van der Waals surface area contributed by atoms with Crippen molar-refractivity contribution in [2.75, 3.05) is 24.7 Å². The van der Waals surface area contributed by atoms with Gasteiger partial charge in [-0.1, -0.05) is 19.1 Å². The molecule has 0 spiro atoms. The van der Waals surface area contributed by atoms with Gasteiger partial charge in [0.2, 0.25) is 0 Å². The van der Waals surface area contributed by atoms with E-state index in [4.69, 9.17) is 14.6 Å². The number of benzene rings is 1. The van der Waals surface area contributed by atoms with Crippen LogP contribution in [-0.4, -0.2) is 40.0 Å². The van der Waals surface area contributed by atoms with E-state index in [0.717, 1.165) is 0 Å². The van der Waals surface area contributed by atoms with Crippen molar-refractivity contribution in [1.29, 1.82) is 0 Å². The van der Waals surface area contributed by atoms with Crippen LogP contribution in [0.1, 0.15) is 13.8 Å². The van der Waals surface area contributed by atoms with Crippen LogP contribution in [0.2, 0.25) is 0 Å². The highest BCUT2D eigenvalue weighted by molar-refractivity contribution is 7.85. The fourth-order valence-corrected chi connectivity index (χ4v) is 2.66. The van der Waals surface area contributed by atoms with Crippen LogP contribution in [0, 0.1) is 5.92 Å². The van der Waals surface area contributed by atoms with E-state index in [1.54, 1.807) is 13.0 Å². The largest absolute Gasteiger partial charge is 0.490 e. The number of hydrogen-bond donors (Lipinski definition) is 1. The van der Waals surface area contributed by atoms with Crippen molar-refractivity contribution in [2.45, 2.75) is 13.8 Å². The molecule has 0 aliphatic rings. The predicted octanol–water partition coefficient (Wildman–Crippen LogP) is 1.93. The second kappa shape index (κ2) is 8.58. The van der Waals surface area contributed by atoms with Crippen molar-refractivity contribution in [2.24, 2.45) is 5.92 Å². The molecule has 0 saturated heterocycles. The third-order valence-electron chi connectivity index (χ3n) is 2.58. The van der Waals surface area contributed by atoms with Gasteiger partial charge in [0.1, 0.15) is 0 Å². The Kier molecular flexibility index (Phi) is 7.08. The fraction of sp³-hybridized carbons (Fsp3) is 0.500. The Morgan fingerprint density at radius 3 is 2.45 bits per heavy atom. The van der Waals surface area contributed by atoms with Gasteiger partial charge in [-0.15, -0.1) is 0 Å².